The number of hydrazone groups is 1. The molecular formula is C24H20N4O7S3. The normalized spacial score (nSPS) is 18.1. The van der Waals surface area contributed by atoms with E-state index in [-0.39, 0.29) is 38.7 Å². The number of aromatic nitrogens is 1. The van der Waals surface area contributed by atoms with Crippen molar-refractivity contribution in [3.63, 3.8) is 0 Å². The highest BCUT2D eigenvalue weighted by Crippen LogP contribution is 2.44. The lowest BCUT2D eigenvalue weighted by atomic mass is 10.1. The van der Waals surface area contributed by atoms with Gasteiger partial charge >= 0.3 is 5.97 Å². The summed E-state index contributed by atoms with van der Waals surface area (Å²) in [5.74, 6) is -1.54. The van der Waals surface area contributed by atoms with Crippen molar-refractivity contribution in [2.75, 3.05) is 23.6 Å². The maximum Gasteiger partial charge on any atom is 0.359 e. The van der Waals surface area contributed by atoms with Gasteiger partial charge in [-0.25, -0.2) is 4.79 Å². The number of hydrogen-bond acceptors (Lipinski definition) is 10. The topological polar surface area (TPSA) is 139 Å². The molecule has 0 unspecified atom stereocenters. The SMILES string of the molecule is CCOC(=O)C1=NN(c2ccc(S(=O)(=O)O)cc2)C(=O)/C1=c1/s/c(=C2\Sc3ccccc3N2C)c(=O)n1C. The summed E-state index contributed by atoms with van der Waals surface area (Å²) < 4.78 is 39.1. The minimum atomic E-state index is -4.45. The Bertz CT molecular complexity index is 1820. The number of ether oxygens (including phenoxy) is 1. The molecule has 5 rings (SSSR count). The van der Waals surface area contributed by atoms with Gasteiger partial charge < -0.3 is 14.2 Å². The van der Waals surface area contributed by atoms with E-state index in [0.717, 1.165) is 39.1 Å². The number of rotatable bonds is 4. The fraction of sp³-hybridized carbons (Fsp3) is 0.167. The largest absolute Gasteiger partial charge is 0.461 e. The van der Waals surface area contributed by atoms with Gasteiger partial charge in [0.25, 0.3) is 21.6 Å². The van der Waals surface area contributed by atoms with Gasteiger partial charge in [-0.1, -0.05) is 23.9 Å². The van der Waals surface area contributed by atoms with Gasteiger partial charge in [-0.3, -0.25) is 14.1 Å². The van der Waals surface area contributed by atoms with Crippen molar-refractivity contribution in [2.24, 2.45) is 12.1 Å². The van der Waals surface area contributed by atoms with E-state index < -0.39 is 22.0 Å². The average Bonchev–Trinajstić information content (AvgIpc) is 3.50. The standard InChI is InChI=1S/C24H20N4O7S3/c1-4-35-24(31)18-17(20(29)28(25-18)13-9-11-14(12-10-13)38(32,33)34)22-27(3)21(30)19(37-22)23-26(2)15-7-5-6-8-16(15)36-23/h5-12H,4H2,1-3H3,(H,32,33,34)/b22-17+,23-19-. The van der Waals surface area contributed by atoms with Crippen molar-refractivity contribution in [1.29, 1.82) is 0 Å². The van der Waals surface area contributed by atoms with E-state index in [9.17, 15) is 27.4 Å². The first-order valence-corrected chi connectivity index (χ1v) is 14.2. The number of thioether (sulfide) groups is 1. The number of hydrogen-bond donors (Lipinski definition) is 1. The molecule has 3 heterocycles. The summed E-state index contributed by atoms with van der Waals surface area (Å²) in [5, 5.41) is 5.80. The molecule has 0 fully saturated rings. The molecule has 1 amide bonds. The number of benzene rings is 2. The summed E-state index contributed by atoms with van der Waals surface area (Å²) >= 11 is 2.50. The highest BCUT2D eigenvalue weighted by atomic mass is 32.2. The molecule has 2 aliphatic rings. The Hall–Kier alpha value is -3.72. The Labute approximate surface area is 224 Å². The quantitative estimate of drug-likeness (QED) is 0.360. The second-order valence-corrected chi connectivity index (χ2v) is 11.6. The molecule has 38 heavy (non-hydrogen) atoms. The van der Waals surface area contributed by atoms with Gasteiger partial charge in [0.15, 0.2) is 5.71 Å². The summed E-state index contributed by atoms with van der Waals surface area (Å²) in [6.45, 7) is 1.65. The van der Waals surface area contributed by atoms with Crippen LogP contribution in [0.25, 0.3) is 10.6 Å². The first-order chi connectivity index (χ1) is 18.0. The van der Waals surface area contributed by atoms with Gasteiger partial charge in [-0.2, -0.15) is 18.5 Å². The molecular weight excluding hydrogens is 552 g/mol. The molecule has 0 bridgehead atoms. The summed E-state index contributed by atoms with van der Waals surface area (Å²) in [7, 11) is -1.08. The van der Waals surface area contributed by atoms with Crippen LogP contribution >= 0.6 is 23.1 Å². The van der Waals surface area contributed by atoms with Crippen LogP contribution in [0.2, 0.25) is 0 Å². The highest BCUT2D eigenvalue weighted by molar-refractivity contribution is 8.08. The third-order valence-electron chi connectivity index (χ3n) is 5.84. The van der Waals surface area contributed by atoms with E-state index in [1.807, 2.05) is 36.2 Å². The minimum Gasteiger partial charge on any atom is -0.461 e. The Morgan fingerprint density at radius 1 is 1.08 bits per heavy atom. The molecule has 0 aliphatic carbocycles. The lowest BCUT2D eigenvalue weighted by Crippen LogP contribution is -2.34. The van der Waals surface area contributed by atoms with Crippen LogP contribution in [0.5, 0.6) is 0 Å². The maximum atomic E-state index is 13.6. The van der Waals surface area contributed by atoms with Crippen molar-refractivity contribution in [1.82, 2.24) is 4.57 Å². The monoisotopic (exact) mass is 572 g/mol. The number of amides is 1. The molecule has 2 aliphatic heterocycles. The smallest absolute Gasteiger partial charge is 0.359 e. The number of carbonyl (C=O) groups excluding carboxylic acids is 2. The van der Waals surface area contributed by atoms with Gasteiger partial charge in [-0.05, 0) is 43.3 Å². The fourth-order valence-electron chi connectivity index (χ4n) is 3.98. The zero-order chi connectivity index (χ0) is 27.4. The highest BCUT2D eigenvalue weighted by Gasteiger charge is 2.38. The minimum absolute atomic E-state index is 0.0363. The summed E-state index contributed by atoms with van der Waals surface area (Å²) in [6.07, 6.45) is 0. The zero-order valence-corrected chi connectivity index (χ0v) is 22.7. The molecule has 0 spiro atoms. The van der Waals surface area contributed by atoms with Gasteiger partial charge in [0.05, 0.1) is 22.9 Å². The summed E-state index contributed by atoms with van der Waals surface area (Å²) in [4.78, 5) is 42.3. The van der Waals surface area contributed by atoms with Crippen LogP contribution in [-0.2, 0) is 31.5 Å². The van der Waals surface area contributed by atoms with Crippen LogP contribution in [0.4, 0.5) is 11.4 Å². The van der Waals surface area contributed by atoms with E-state index in [2.05, 4.69) is 5.10 Å². The second-order valence-electron chi connectivity index (χ2n) is 8.16. The predicted molar refractivity (Wildman–Crippen MR) is 144 cm³/mol. The average molecular weight is 573 g/mol. The van der Waals surface area contributed by atoms with E-state index >= 15 is 0 Å². The summed E-state index contributed by atoms with van der Waals surface area (Å²) in [5.41, 5.74) is 0.368. The van der Waals surface area contributed by atoms with E-state index in [1.54, 1.807) is 6.92 Å². The number of anilines is 2. The molecule has 0 atom stereocenters. The molecule has 1 N–H and O–H groups in total. The Balaban J connectivity index is 1.70. The number of carbonyl (C=O) groups is 2. The Morgan fingerprint density at radius 3 is 2.39 bits per heavy atom. The molecule has 0 saturated heterocycles. The van der Waals surface area contributed by atoms with E-state index in [1.165, 1.54) is 35.5 Å². The van der Waals surface area contributed by atoms with Crippen LogP contribution in [-0.4, -0.2) is 48.8 Å². The molecule has 11 nitrogen and oxygen atoms in total. The van der Waals surface area contributed by atoms with Gasteiger partial charge in [0.2, 0.25) is 0 Å². The third-order valence-corrected chi connectivity index (χ3v) is 9.32. The molecule has 0 saturated carbocycles. The van der Waals surface area contributed by atoms with Crippen LogP contribution in [0.1, 0.15) is 6.92 Å². The number of fused-ring (bicyclic) bond motifs is 1. The number of nitrogens with zero attached hydrogens (tertiary/aromatic N) is 4. The predicted octanol–water partition coefficient (Wildman–Crippen LogP) is 1.12. The lowest BCUT2D eigenvalue weighted by Gasteiger charge is -2.11. The van der Waals surface area contributed by atoms with Gasteiger partial charge in [0, 0.05) is 19.0 Å². The van der Waals surface area contributed by atoms with Crippen molar-refractivity contribution in [3.05, 3.63) is 68.1 Å². The van der Waals surface area contributed by atoms with Crippen LogP contribution in [0.15, 0.2) is 68.2 Å². The number of para-hydroxylation sites is 1. The van der Waals surface area contributed by atoms with Crippen LogP contribution in [0, 0.1) is 0 Å². The molecule has 14 heteroatoms. The second kappa shape index (κ2) is 9.54. The van der Waals surface area contributed by atoms with Gasteiger partial charge in [-0.15, -0.1) is 11.3 Å². The molecule has 2 aromatic carbocycles. The number of thiazole rings is 1. The van der Waals surface area contributed by atoms with Crippen LogP contribution < -0.4 is 24.7 Å². The van der Waals surface area contributed by atoms with Crippen molar-refractivity contribution in [3.8, 4) is 0 Å². The van der Waals surface area contributed by atoms with Gasteiger partial charge in [0.1, 0.15) is 19.8 Å². The third kappa shape index (κ3) is 4.24. The zero-order valence-electron chi connectivity index (χ0n) is 20.2. The van der Waals surface area contributed by atoms with Crippen molar-refractivity contribution in [2.45, 2.75) is 16.7 Å². The fourth-order valence-corrected chi connectivity index (χ4v) is 6.94. The number of esters is 1. The maximum absolute atomic E-state index is 13.6. The summed E-state index contributed by atoms with van der Waals surface area (Å²) in [6, 6.07) is 12.5. The van der Waals surface area contributed by atoms with Crippen molar-refractivity contribution >= 4 is 72.8 Å². The van der Waals surface area contributed by atoms with E-state index in [0.29, 0.717) is 9.56 Å². The molecule has 3 aromatic rings. The Morgan fingerprint density at radius 2 is 1.76 bits per heavy atom. The lowest BCUT2D eigenvalue weighted by molar-refractivity contribution is -0.134. The van der Waals surface area contributed by atoms with Crippen molar-refractivity contribution < 1.29 is 27.3 Å². The molecule has 196 valence electrons. The Kier molecular flexibility index (Phi) is 6.51. The van der Waals surface area contributed by atoms with Crippen LogP contribution in [0.3, 0.4) is 0 Å². The first kappa shape index (κ1) is 25.9. The molecule has 1 aromatic heterocycles. The molecule has 0 radical (unpaired) electrons. The van der Waals surface area contributed by atoms with E-state index in [4.69, 9.17) is 4.74 Å². The first-order valence-electron chi connectivity index (χ1n) is 11.2.